The molecule has 0 spiro atoms. The molecule has 0 rings (SSSR count). The van der Waals surface area contributed by atoms with Gasteiger partial charge in [-0.15, -0.1) is 0 Å². The van der Waals surface area contributed by atoms with Crippen molar-refractivity contribution in [2.45, 2.75) is 38.3 Å². The third-order valence-corrected chi connectivity index (χ3v) is 2.32. The Morgan fingerprint density at radius 2 is 1.90 bits per heavy atom. The number of carbonyl (C=O) groups excluding carboxylic acids is 3. The van der Waals surface area contributed by atoms with E-state index in [2.05, 4.69) is 10.1 Å². The van der Waals surface area contributed by atoms with E-state index in [4.69, 9.17) is 16.6 Å². The zero-order valence-electron chi connectivity index (χ0n) is 11.1. The van der Waals surface area contributed by atoms with Crippen LogP contribution in [0, 0.1) is 0 Å². The molecule has 0 fully saturated rings. The van der Waals surface area contributed by atoms with E-state index >= 15 is 0 Å². The maximum absolute atomic E-state index is 11.6. The van der Waals surface area contributed by atoms with Crippen molar-refractivity contribution in [1.82, 2.24) is 5.32 Å². The van der Waals surface area contributed by atoms with Gasteiger partial charge in [-0.3, -0.25) is 14.4 Å². The zero-order valence-corrected chi connectivity index (χ0v) is 11.1. The molecule has 0 aromatic heterocycles. The maximum Gasteiger partial charge on any atom is 0.326 e. The van der Waals surface area contributed by atoms with Crippen LogP contribution in [0.1, 0.15) is 26.2 Å². The highest BCUT2D eigenvalue weighted by atomic mass is 16.5. The average molecular weight is 289 g/mol. The quantitative estimate of drug-likeness (QED) is 0.360. The fourth-order valence-corrected chi connectivity index (χ4v) is 1.32. The van der Waals surface area contributed by atoms with Crippen LogP contribution < -0.4 is 16.8 Å². The Morgan fingerprint density at radius 1 is 1.30 bits per heavy atom. The van der Waals surface area contributed by atoms with Gasteiger partial charge in [-0.05, 0) is 13.3 Å². The molecule has 6 N–H and O–H groups in total. The molecule has 0 aliphatic rings. The van der Waals surface area contributed by atoms with Gasteiger partial charge in [-0.1, -0.05) is 0 Å². The number of nitrogens with two attached hydrogens (primary N) is 2. The standard InChI is InChI=1S/C11H19N3O6/c1-2-20-9(16)4-3-6(12)10(17)14-7(11(18)19)5-8(13)15/h6-7H,2-5,12H2,1H3,(H2,13,15)(H,14,17)(H,18,19)/t6-,7+/m1/s1. The van der Waals surface area contributed by atoms with Crippen LogP contribution in [-0.4, -0.2) is 47.6 Å². The molecular formula is C11H19N3O6. The van der Waals surface area contributed by atoms with Gasteiger partial charge < -0.3 is 26.6 Å². The van der Waals surface area contributed by atoms with Crippen LogP contribution in [0.25, 0.3) is 0 Å². The van der Waals surface area contributed by atoms with Gasteiger partial charge in [0.15, 0.2) is 0 Å². The Labute approximate surface area is 115 Å². The van der Waals surface area contributed by atoms with Gasteiger partial charge in [0.1, 0.15) is 6.04 Å². The third-order valence-electron chi connectivity index (χ3n) is 2.32. The highest BCUT2D eigenvalue weighted by molar-refractivity contribution is 5.90. The molecule has 9 nitrogen and oxygen atoms in total. The molecule has 0 heterocycles. The molecule has 0 saturated carbocycles. The van der Waals surface area contributed by atoms with Gasteiger partial charge in [0.2, 0.25) is 11.8 Å². The Kier molecular flexibility index (Phi) is 7.90. The van der Waals surface area contributed by atoms with Crippen LogP contribution in [0.4, 0.5) is 0 Å². The van der Waals surface area contributed by atoms with Gasteiger partial charge in [-0.2, -0.15) is 0 Å². The van der Waals surface area contributed by atoms with E-state index in [-0.39, 0.29) is 19.4 Å². The Balaban J connectivity index is 4.31. The molecule has 0 aliphatic heterocycles. The van der Waals surface area contributed by atoms with E-state index in [1.165, 1.54) is 0 Å². The van der Waals surface area contributed by atoms with E-state index in [1.54, 1.807) is 6.92 Å². The van der Waals surface area contributed by atoms with E-state index < -0.39 is 42.3 Å². The summed E-state index contributed by atoms with van der Waals surface area (Å²) in [6.07, 6.45) is -0.588. The van der Waals surface area contributed by atoms with Crippen molar-refractivity contribution >= 4 is 23.8 Å². The highest BCUT2D eigenvalue weighted by Gasteiger charge is 2.25. The van der Waals surface area contributed by atoms with E-state index in [1.807, 2.05) is 0 Å². The highest BCUT2D eigenvalue weighted by Crippen LogP contribution is 1.99. The Hall–Kier alpha value is -2.16. The average Bonchev–Trinajstić information content (AvgIpc) is 2.34. The minimum Gasteiger partial charge on any atom is -0.480 e. The van der Waals surface area contributed by atoms with Crippen LogP contribution in [0.5, 0.6) is 0 Å². The number of hydrogen-bond donors (Lipinski definition) is 4. The second-order valence-corrected chi connectivity index (χ2v) is 4.02. The molecular weight excluding hydrogens is 270 g/mol. The lowest BCUT2D eigenvalue weighted by molar-refractivity contribution is -0.144. The first-order valence-electron chi connectivity index (χ1n) is 6.00. The van der Waals surface area contributed by atoms with Gasteiger partial charge in [0, 0.05) is 6.42 Å². The van der Waals surface area contributed by atoms with Crippen molar-refractivity contribution in [2.75, 3.05) is 6.61 Å². The van der Waals surface area contributed by atoms with Crippen molar-refractivity contribution in [3.63, 3.8) is 0 Å². The second-order valence-electron chi connectivity index (χ2n) is 4.02. The molecule has 0 radical (unpaired) electrons. The lowest BCUT2D eigenvalue weighted by Gasteiger charge is -2.16. The number of rotatable bonds is 9. The first kappa shape index (κ1) is 17.8. The number of aliphatic carboxylic acids is 1. The number of carboxylic acids is 1. The van der Waals surface area contributed by atoms with Gasteiger partial charge in [-0.25, -0.2) is 4.79 Å². The summed E-state index contributed by atoms with van der Waals surface area (Å²) in [6.45, 7) is 1.87. The van der Waals surface area contributed by atoms with Crippen molar-refractivity contribution in [3.8, 4) is 0 Å². The first-order chi connectivity index (χ1) is 9.27. The summed E-state index contributed by atoms with van der Waals surface area (Å²) in [6, 6.07) is -2.51. The number of ether oxygens (including phenoxy) is 1. The van der Waals surface area contributed by atoms with Crippen molar-refractivity contribution in [2.24, 2.45) is 11.5 Å². The largest absolute Gasteiger partial charge is 0.480 e. The SMILES string of the molecule is CCOC(=O)CC[C@@H](N)C(=O)N[C@@H](CC(N)=O)C(=O)O. The van der Waals surface area contributed by atoms with Crippen LogP contribution in [0.15, 0.2) is 0 Å². The molecule has 0 bridgehead atoms. The molecule has 114 valence electrons. The van der Waals surface area contributed by atoms with Crippen LogP contribution in [-0.2, 0) is 23.9 Å². The first-order valence-corrected chi connectivity index (χ1v) is 6.00. The fourth-order valence-electron chi connectivity index (χ4n) is 1.32. The Bertz CT molecular complexity index is 384. The monoisotopic (exact) mass is 289 g/mol. The van der Waals surface area contributed by atoms with E-state index in [0.29, 0.717) is 0 Å². The van der Waals surface area contributed by atoms with Crippen molar-refractivity contribution < 1.29 is 29.0 Å². The van der Waals surface area contributed by atoms with Crippen LogP contribution in [0.2, 0.25) is 0 Å². The fraction of sp³-hybridized carbons (Fsp3) is 0.636. The number of carboxylic acid groups (broad SMARTS) is 1. The van der Waals surface area contributed by atoms with Gasteiger partial charge in [0.05, 0.1) is 19.1 Å². The lowest BCUT2D eigenvalue weighted by Crippen LogP contribution is -2.49. The van der Waals surface area contributed by atoms with Crippen molar-refractivity contribution in [1.29, 1.82) is 0 Å². The normalized spacial score (nSPS) is 13.1. The van der Waals surface area contributed by atoms with E-state index in [9.17, 15) is 19.2 Å². The number of amides is 2. The molecule has 0 aromatic rings. The predicted octanol–water partition coefficient (Wildman–Crippen LogP) is -1.90. The predicted molar refractivity (Wildman–Crippen MR) is 67.2 cm³/mol. The minimum absolute atomic E-state index is 0.00752. The lowest BCUT2D eigenvalue weighted by atomic mass is 10.1. The van der Waals surface area contributed by atoms with Crippen molar-refractivity contribution in [3.05, 3.63) is 0 Å². The summed E-state index contributed by atoms with van der Waals surface area (Å²) in [5, 5.41) is 10.9. The number of carbonyl (C=O) groups is 4. The van der Waals surface area contributed by atoms with Gasteiger partial charge in [0.25, 0.3) is 0 Å². The topological polar surface area (TPSA) is 162 Å². The summed E-state index contributed by atoms with van der Waals surface area (Å²) < 4.78 is 4.66. The molecule has 2 atom stereocenters. The van der Waals surface area contributed by atoms with Gasteiger partial charge >= 0.3 is 11.9 Å². The summed E-state index contributed by atoms with van der Waals surface area (Å²) in [5.41, 5.74) is 10.4. The number of primary amides is 1. The van der Waals surface area contributed by atoms with Crippen LogP contribution in [0.3, 0.4) is 0 Å². The van der Waals surface area contributed by atoms with E-state index in [0.717, 1.165) is 0 Å². The third kappa shape index (κ3) is 7.31. The number of nitrogens with one attached hydrogen (secondary N) is 1. The number of hydrogen-bond acceptors (Lipinski definition) is 6. The molecule has 0 aliphatic carbocycles. The summed E-state index contributed by atoms with van der Waals surface area (Å²) in [4.78, 5) is 44.2. The second kappa shape index (κ2) is 8.86. The summed E-state index contributed by atoms with van der Waals surface area (Å²) in [5.74, 6) is -3.53. The smallest absolute Gasteiger partial charge is 0.326 e. The van der Waals surface area contributed by atoms with Crippen LogP contribution >= 0.6 is 0 Å². The summed E-state index contributed by atoms with van der Waals surface area (Å²) in [7, 11) is 0. The molecule has 0 saturated heterocycles. The number of esters is 1. The zero-order chi connectivity index (χ0) is 15.7. The molecule has 0 aromatic carbocycles. The minimum atomic E-state index is -1.44. The molecule has 0 unspecified atom stereocenters. The molecule has 2 amide bonds. The Morgan fingerprint density at radius 3 is 2.35 bits per heavy atom. The molecule has 20 heavy (non-hydrogen) atoms. The molecule has 9 heteroatoms. The maximum atomic E-state index is 11.6. The summed E-state index contributed by atoms with van der Waals surface area (Å²) >= 11 is 0.